The van der Waals surface area contributed by atoms with E-state index in [1.54, 1.807) is 55.5 Å². The van der Waals surface area contributed by atoms with Crippen LogP contribution in [0.4, 0.5) is 22.7 Å². The van der Waals surface area contributed by atoms with Crippen molar-refractivity contribution in [1.82, 2.24) is 10.2 Å². The average Bonchev–Trinajstić information content (AvgIpc) is 3.39. The fraction of sp³-hybridized carbons (Fsp3) is 0.316. The Morgan fingerprint density at radius 1 is 0.963 bits per heavy atom. The second-order valence-corrected chi connectivity index (χ2v) is 13.2. The number of aldehydes is 1. The number of methoxy groups -OCH3 is 2. The molecule has 0 fully saturated rings. The number of imide groups is 1. The van der Waals surface area contributed by atoms with Gasteiger partial charge in [0.2, 0.25) is 11.8 Å². The van der Waals surface area contributed by atoms with Crippen molar-refractivity contribution in [3.8, 4) is 11.5 Å². The van der Waals surface area contributed by atoms with Crippen LogP contribution in [0.5, 0.6) is 11.5 Å². The lowest BCUT2D eigenvalue weighted by molar-refractivity contribution is -0.125. The van der Waals surface area contributed by atoms with Crippen LogP contribution in [-0.2, 0) is 24.6 Å². The first-order chi connectivity index (χ1) is 25.7. The van der Waals surface area contributed by atoms with Gasteiger partial charge in [0.05, 0.1) is 37.6 Å². The zero-order valence-corrected chi connectivity index (χ0v) is 31.2. The van der Waals surface area contributed by atoms with Gasteiger partial charge < -0.3 is 41.4 Å². The zero-order valence-electron chi connectivity index (χ0n) is 31.2. The Balaban J connectivity index is 1.53. The summed E-state index contributed by atoms with van der Waals surface area (Å²) in [5.74, 6) is 3.48. The third-order valence-corrected chi connectivity index (χ3v) is 8.51. The summed E-state index contributed by atoms with van der Waals surface area (Å²) in [6, 6.07) is 13.5. The molecule has 16 nitrogen and oxygen atoms in total. The SMILES string of the molecule is CNC(=O)C(CCC=O)N1C(=O)c2cccc(NCC(=O)Nc3cc(NC(=O)/C(=N/N)C(C)=Nc4cc(OC)ccc4OC)cc(C(C)(C)C)c3)c2C1=O. The number of nitrogens with zero attached hydrogens (tertiary/aromatic N) is 3. The molecule has 0 saturated heterocycles. The fourth-order valence-corrected chi connectivity index (χ4v) is 5.71. The number of carbonyl (C=O) groups is 6. The smallest absolute Gasteiger partial charge is 0.277 e. The first-order valence-corrected chi connectivity index (χ1v) is 16.9. The number of aliphatic imine (C=N–C) groups is 1. The minimum absolute atomic E-state index is 0.0103. The van der Waals surface area contributed by atoms with E-state index in [4.69, 9.17) is 15.3 Å². The Morgan fingerprint density at radius 3 is 2.28 bits per heavy atom. The molecule has 0 saturated carbocycles. The minimum atomic E-state index is -1.19. The largest absolute Gasteiger partial charge is 0.497 e. The van der Waals surface area contributed by atoms with E-state index in [2.05, 4.69) is 31.4 Å². The minimum Gasteiger partial charge on any atom is -0.497 e. The van der Waals surface area contributed by atoms with Crippen molar-refractivity contribution in [1.29, 1.82) is 0 Å². The Hall–Kier alpha value is -6.58. The molecular weight excluding hydrogens is 696 g/mol. The maximum absolute atomic E-state index is 13.5. The average molecular weight is 741 g/mol. The number of amides is 5. The molecule has 0 spiro atoms. The lowest BCUT2D eigenvalue weighted by Gasteiger charge is -2.24. The number of rotatable bonds is 15. The maximum Gasteiger partial charge on any atom is 0.277 e. The highest BCUT2D eigenvalue weighted by atomic mass is 16.5. The van der Waals surface area contributed by atoms with Gasteiger partial charge in [0.1, 0.15) is 29.5 Å². The number of nitrogens with two attached hydrogens (primary N) is 1. The molecule has 1 aliphatic rings. The first-order valence-electron chi connectivity index (χ1n) is 16.9. The molecular formula is C38H44N8O8. The van der Waals surface area contributed by atoms with Crippen molar-refractivity contribution in [2.45, 2.75) is 52.0 Å². The van der Waals surface area contributed by atoms with E-state index >= 15 is 0 Å². The predicted octanol–water partition coefficient (Wildman–Crippen LogP) is 3.79. The molecule has 3 aromatic carbocycles. The van der Waals surface area contributed by atoms with Crippen LogP contribution in [0.3, 0.4) is 0 Å². The van der Waals surface area contributed by atoms with E-state index in [9.17, 15) is 28.8 Å². The van der Waals surface area contributed by atoms with Crippen LogP contribution >= 0.6 is 0 Å². The number of carbonyl (C=O) groups excluding carboxylic acids is 6. The molecule has 0 bridgehead atoms. The van der Waals surface area contributed by atoms with Crippen LogP contribution in [0.1, 0.15) is 66.8 Å². The van der Waals surface area contributed by atoms with Crippen molar-refractivity contribution in [3.63, 3.8) is 0 Å². The highest BCUT2D eigenvalue weighted by Gasteiger charge is 2.43. The maximum atomic E-state index is 13.5. The van der Waals surface area contributed by atoms with Gasteiger partial charge in [-0.15, -0.1) is 0 Å². The molecule has 0 radical (unpaired) electrons. The van der Waals surface area contributed by atoms with Crippen molar-refractivity contribution in [2.75, 3.05) is 43.8 Å². The standard InChI is InChI=1S/C38H44N8O8/c1-21(42-28-19-25(53-6)13-14-30(28)54-7)33(45-39)35(50)44-24-17-22(38(2,3)4)16-23(18-24)43-31(48)20-41-27-11-8-10-26-32(27)37(52)46(36(26)51)29(12-9-15-47)34(49)40-5/h8,10-11,13-19,29,41H,9,12,20,39H2,1-7H3,(H,40,49)(H,43,48)(H,44,50)/b42-21?,45-33+. The van der Waals surface area contributed by atoms with Gasteiger partial charge in [-0.2, -0.15) is 5.10 Å². The number of hydrazone groups is 1. The molecule has 0 aliphatic carbocycles. The zero-order chi connectivity index (χ0) is 39.7. The number of likely N-dealkylation sites (N-methyl/N-ethyl adjacent to an activating group) is 1. The summed E-state index contributed by atoms with van der Waals surface area (Å²) < 4.78 is 10.7. The van der Waals surface area contributed by atoms with Crippen molar-refractivity contribution >= 4 is 70.0 Å². The second kappa shape index (κ2) is 17.3. The summed E-state index contributed by atoms with van der Waals surface area (Å²) >= 11 is 0. The Bertz CT molecular complexity index is 2040. The second-order valence-electron chi connectivity index (χ2n) is 13.2. The van der Waals surface area contributed by atoms with Crippen LogP contribution in [0, 0.1) is 0 Å². The highest BCUT2D eigenvalue weighted by Crippen LogP contribution is 2.34. The number of benzene rings is 3. The number of ether oxygens (including phenoxy) is 2. The molecule has 1 unspecified atom stereocenters. The normalized spacial score (nSPS) is 13.5. The van der Waals surface area contributed by atoms with Gasteiger partial charge in [0.15, 0.2) is 5.71 Å². The molecule has 1 atom stereocenters. The third kappa shape index (κ3) is 9.07. The molecule has 16 heteroatoms. The van der Waals surface area contributed by atoms with Gasteiger partial charge in [-0.05, 0) is 66.8 Å². The van der Waals surface area contributed by atoms with Crippen LogP contribution in [-0.4, -0.2) is 86.0 Å². The lowest BCUT2D eigenvalue weighted by atomic mass is 9.86. The Morgan fingerprint density at radius 2 is 1.67 bits per heavy atom. The molecule has 6 N–H and O–H groups in total. The Kier molecular flexibility index (Phi) is 12.9. The van der Waals surface area contributed by atoms with Gasteiger partial charge in [-0.1, -0.05) is 26.8 Å². The molecule has 54 heavy (non-hydrogen) atoms. The summed E-state index contributed by atoms with van der Waals surface area (Å²) in [7, 11) is 4.38. The van der Waals surface area contributed by atoms with E-state index < -0.39 is 41.0 Å². The number of hydrogen-bond donors (Lipinski definition) is 5. The van der Waals surface area contributed by atoms with E-state index in [-0.39, 0.29) is 47.6 Å². The number of hydrogen-bond acceptors (Lipinski definition) is 12. The van der Waals surface area contributed by atoms with Crippen LogP contribution < -0.4 is 36.6 Å². The van der Waals surface area contributed by atoms with Crippen molar-refractivity contribution in [3.05, 3.63) is 71.3 Å². The molecule has 284 valence electrons. The van der Waals surface area contributed by atoms with Crippen molar-refractivity contribution in [2.24, 2.45) is 15.9 Å². The summed E-state index contributed by atoms with van der Waals surface area (Å²) in [6.07, 6.45) is 0.536. The van der Waals surface area contributed by atoms with Gasteiger partial charge in [0.25, 0.3) is 17.7 Å². The predicted molar refractivity (Wildman–Crippen MR) is 205 cm³/mol. The van der Waals surface area contributed by atoms with Gasteiger partial charge in [-0.25, -0.2) is 4.99 Å². The summed E-state index contributed by atoms with van der Waals surface area (Å²) in [4.78, 5) is 82.5. The summed E-state index contributed by atoms with van der Waals surface area (Å²) in [5, 5.41) is 14.7. The monoisotopic (exact) mass is 740 g/mol. The molecule has 1 aliphatic heterocycles. The molecule has 3 aromatic rings. The molecule has 5 amide bonds. The van der Waals surface area contributed by atoms with Gasteiger partial charge in [-0.3, -0.25) is 28.9 Å². The number of anilines is 3. The molecule has 4 rings (SSSR count). The van der Waals surface area contributed by atoms with E-state index in [0.29, 0.717) is 34.8 Å². The van der Waals surface area contributed by atoms with E-state index in [0.717, 1.165) is 10.5 Å². The fourth-order valence-electron chi connectivity index (χ4n) is 5.71. The van der Waals surface area contributed by atoms with Crippen LogP contribution in [0.15, 0.2) is 64.7 Å². The molecule has 1 heterocycles. The Labute approximate surface area is 312 Å². The van der Waals surface area contributed by atoms with E-state index in [1.165, 1.54) is 27.3 Å². The highest BCUT2D eigenvalue weighted by molar-refractivity contribution is 6.68. The topological polar surface area (TPSA) is 223 Å². The van der Waals surface area contributed by atoms with E-state index in [1.807, 2.05) is 20.8 Å². The number of fused-ring (bicyclic) bond motifs is 1. The van der Waals surface area contributed by atoms with Gasteiger partial charge in [0, 0.05) is 36.6 Å². The first kappa shape index (κ1) is 40.2. The molecule has 0 aromatic heterocycles. The third-order valence-electron chi connectivity index (χ3n) is 8.51. The quantitative estimate of drug-likeness (QED) is 0.0499. The van der Waals surface area contributed by atoms with Crippen LogP contribution in [0.2, 0.25) is 0 Å². The lowest BCUT2D eigenvalue weighted by Crippen LogP contribution is -2.48. The summed E-state index contributed by atoms with van der Waals surface area (Å²) in [6.45, 7) is 7.18. The summed E-state index contributed by atoms with van der Waals surface area (Å²) in [5.41, 5.74) is 1.82. The van der Waals surface area contributed by atoms with Crippen LogP contribution in [0.25, 0.3) is 0 Å². The number of nitrogens with one attached hydrogen (secondary N) is 4. The van der Waals surface area contributed by atoms with Gasteiger partial charge >= 0.3 is 0 Å². The van der Waals surface area contributed by atoms with Crippen molar-refractivity contribution < 1.29 is 38.2 Å².